The molecule has 0 aliphatic heterocycles. The highest BCUT2D eigenvalue weighted by Crippen LogP contribution is 2.30. The summed E-state index contributed by atoms with van der Waals surface area (Å²) in [5.41, 5.74) is 1.51. The van der Waals surface area contributed by atoms with E-state index in [1.165, 1.54) is 6.07 Å². The molecule has 0 amide bonds. The molecule has 5 heteroatoms. The third kappa shape index (κ3) is 2.48. The van der Waals surface area contributed by atoms with Crippen molar-refractivity contribution < 1.29 is 4.92 Å². The number of benzene rings is 1. The Morgan fingerprint density at radius 3 is 2.81 bits per heavy atom. The predicted octanol–water partition coefficient (Wildman–Crippen LogP) is 2.25. The molecular weight excluding hydrogens is 206 g/mol. The van der Waals surface area contributed by atoms with E-state index in [0.29, 0.717) is 18.7 Å². The lowest BCUT2D eigenvalue weighted by Crippen LogP contribution is -2.20. The fourth-order valence-electron chi connectivity index (χ4n) is 1.62. The summed E-state index contributed by atoms with van der Waals surface area (Å²) in [6.07, 6.45) is 0.349. The van der Waals surface area contributed by atoms with E-state index in [-0.39, 0.29) is 5.69 Å². The Balaban J connectivity index is 3.10. The van der Waals surface area contributed by atoms with Crippen molar-refractivity contribution in [1.82, 2.24) is 0 Å². The number of nitrogens with zero attached hydrogens (tertiary/aromatic N) is 3. The topological polar surface area (TPSA) is 70.2 Å². The Bertz CT molecular complexity index is 437. The highest BCUT2D eigenvalue weighted by Gasteiger charge is 2.18. The zero-order valence-corrected chi connectivity index (χ0v) is 9.30. The van der Waals surface area contributed by atoms with Crippen molar-refractivity contribution in [3.05, 3.63) is 33.9 Å². The van der Waals surface area contributed by atoms with Crippen LogP contribution in [-0.4, -0.2) is 18.5 Å². The number of nitriles is 1. The average molecular weight is 219 g/mol. The van der Waals surface area contributed by atoms with Crippen molar-refractivity contribution in [2.45, 2.75) is 13.3 Å². The van der Waals surface area contributed by atoms with Gasteiger partial charge in [-0.05, 0) is 12.5 Å². The number of aryl methyl sites for hydroxylation is 1. The van der Waals surface area contributed by atoms with Crippen LogP contribution in [0.3, 0.4) is 0 Å². The van der Waals surface area contributed by atoms with Crippen molar-refractivity contribution in [1.29, 1.82) is 5.26 Å². The average Bonchev–Trinajstić information content (AvgIpc) is 2.25. The molecule has 0 N–H and O–H groups in total. The number of hydrogen-bond donors (Lipinski definition) is 0. The molecular formula is C11H13N3O2. The molecule has 0 bridgehead atoms. The van der Waals surface area contributed by atoms with Crippen molar-refractivity contribution in [3.63, 3.8) is 0 Å². The SMILES string of the molecule is Cc1cccc([N+](=O)[O-])c1N(C)CCC#N. The van der Waals surface area contributed by atoms with E-state index in [0.717, 1.165) is 5.56 Å². The van der Waals surface area contributed by atoms with Gasteiger partial charge >= 0.3 is 0 Å². The molecule has 84 valence electrons. The minimum absolute atomic E-state index is 0.0837. The lowest BCUT2D eigenvalue weighted by Gasteiger charge is -2.19. The molecule has 0 aliphatic rings. The summed E-state index contributed by atoms with van der Waals surface area (Å²) in [5.74, 6) is 0. The van der Waals surface area contributed by atoms with Crippen LogP contribution in [0.5, 0.6) is 0 Å². The second-order valence-electron chi connectivity index (χ2n) is 3.53. The molecule has 1 aromatic carbocycles. The molecule has 5 nitrogen and oxygen atoms in total. The van der Waals surface area contributed by atoms with E-state index in [4.69, 9.17) is 5.26 Å². The molecule has 0 radical (unpaired) electrons. The van der Waals surface area contributed by atoms with E-state index in [1.807, 2.05) is 19.1 Å². The molecule has 0 unspecified atom stereocenters. The molecule has 0 saturated heterocycles. The second kappa shape index (κ2) is 5.12. The zero-order valence-electron chi connectivity index (χ0n) is 9.30. The van der Waals surface area contributed by atoms with Crippen LogP contribution < -0.4 is 4.90 Å². The lowest BCUT2D eigenvalue weighted by atomic mass is 10.1. The fraction of sp³-hybridized carbons (Fsp3) is 0.364. The standard InChI is InChI=1S/C11H13N3O2/c1-9-5-3-6-10(14(15)16)11(9)13(2)8-4-7-12/h3,5-6H,4,8H2,1-2H3. The third-order valence-electron chi connectivity index (χ3n) is 2.35. The smallest absolute Gasteiger partial charge is 0.292 e. The van der Waals surface area contributed by atoms with Crippen molar-refractivity contribution in [3.8, 4) is 6.07 Å². The first-order chi connectivity index (χ1) is 7.57. The van der Waals surface area contributed by atoms with E-state index in [2.05, 4.69) is 0 Å². The maximum absolute atomic E-state index is 10.9. The van der Waals surface area contributed by atoms with Gasteiger partial charge < -0.3 is 4.90 Å². The first-order valence-electron chi connectivity index (χ1n) is 4.90. The number of para-hydroxylation sites is 1. The Hall–Kier alpha value is -2.09. The molecule has 0 atom stereocenters. The normalized spacial score (nSPS) is 9.56. The summed E-state index contributed by atoms with van der Waals surface area (Å²) >= 11 is 0. The van der Waals surface area contributed by atoms with E-state index in [1.54, 1.807) is 18.0 Å². The molecule has 0 aromatic heterocycles. The summed E-state index contributed by atoms with van der Waals surface area (Å²) < 4.78 is 0. The number of rotatable bonds is 4. The fourth-order valence-corrected chi connectivity index (χ4v) is 1.62. The van der Waals surface area contributed by atoms with Crippen LogP contribution in [0.1, 0.15) is 12.0 Å². The maximum atomic E-state index is 10.9. The molecule has 0 saturated carbocycles. The van der Waals surface area contributed by atoms with Crippen molar-refractivity contribution in [2.75, 3.05) is 18.5 Å². The number of nitro groups is 1. The van der Waals surface area contributed by atoms with Crippen LogP contribution in [0.2, 0.25) is 0 Å². The van der Waals surface area contributed by atoms with Gasteiger partial charge in [0.05, 0.1) is 17.4 Å². The first-order valence-corrected chi connectivity index (χ1v) is 4.90. The number of nitro benzene ring substituents is 1. The summed E-state index contributed by atoms with van der Waals surface area (Å²) in [6, 6.07) is 6.99. The van der Waals surface area contributed by atoms with Crippen LogP contribution in [0, 0.1) is 28.4 Å². The van der Waals surface area contributed by atoms with E-state index >= 15 is 0 Å². The Morgan fingerprint density at radius 2 is 2.25 bits per heavy atom. The van der Waals surface area contributed by atoms with Gasteiger partial charge in [0.1, 0.15) is 5.69 Å². The first kappa shape index (κ1) is 12.0. The van der Waals surface area contributed by atoms with Gasteiger partial charge in [0.2, 0.25) is 0 Å². The van der Waals surface area contributed by atoms with Crippen LogP contribution in [0.15, 0.2) is 18.2 Å². The van der Waals surface area contributed by atoms with Crippen LogP contribution >= 0.6 is 0 Å². The lowest BCUT2D eigenvalue weighted by molar-refractivity contribution is -0.384. The van der Waals surface area contributed by atoms with Crippen LogP contribution in [0.4, 0.5) is 11.4 Å². The van der Waals surface area contributed by atoms with Gasteiger partial charge in [-0.25, -0.2) is 0 Å². The summed E-state index contributed by atoms with van der Waals surface area (Å²) in [6.45, 7) is 2.31. The van der Waals surface area contributed by atoms with Gasteiger partial charge in [-0.2, -0.15) is 5.26 Å². The number of hydrogen-bond acceptors (Lipinski definition) is 4. The molecule has 1 rings (SSSR count). The summed E-state index contributed by atoms with van der Waals surface area (Å²) in [5, 5.41) is 19.4. The maximum Gasteiger partial charge on any atom is 0.292 e. The van der Waals surface area contributed by atoms with Crippen molar-refractivity contribution in [2.24, 2.45) is 0 Å². The Morgan fingerprint density at radius 1 is 1.56 bits per heavy atom. The van der Waals surface area contributed by atoms with Gasteiger partial charge in [0, 0.05) is 19.7 Å². The van der Waals surface area contributed by atoms with Gasteiger partial charge in [-0.3, -0.25) is 10.1 Å². The Kier molecular flexibility index (Phi) is 3.84. The van der Waals surface area contributed by atoms with Gasteiger partial charge in [0.25, 0.3) is 5.69 Å². The largest absolute Gasteiger partial charge is 0.368 e. The van der Waals surface area contributed by atoms with Gasteiger partial charge in [0.15, 0.2) is 0 Å². The van der Waals surface area contributed by atoms with E-state index in [9.17, 15) is 10.1 Å². The predicted molar refractivity (Wildman–Crippen MR) is 61.3 cm³/mol. The van der Waals surface area contributed by atoms with Crippen LogP contribution in [-0.2, 0) is 0 Å². The number of anilines is 1. The highest BCUT2D eigenvalue weighted by molar-refractivity contribution is 5.67. The minimum atomic E-state index is -0.398. The highest BCUT2D eigenvalue weighted by atomic mass is 16.6. The molecule has 0 fully saturated rings. The summed E-state index contributed by atoms with van der Waals surface area (Å²) in [7, 11) is 1.76. The minimum Gasteiger partial charge on any atom is -0.368 e. The second-order valence-corrected chi connectivity index (χ2v) is 3.53. The molecule has 0 heterocycles. The molecule has 0 spiro atoms. The van der Waals surface area contributed by atoms with Crippen molar-refractivity contribution >= 4 is 11.4 Å². The monoisotopic (exact) mass is 219 g/mol. The zero-order chi connectivity index (χ0) is 12.1. The van der Waals surface area contributed by atoms with Gasteiger partial charge in [-0.15, -0.1) is 0 Å². The third-order valence-corrected chi connectivity index (χ3v) is 2.35. The Labute approximate surface area is 94.1 Å². The molecule has 1 aromatic rings. The summed E-state index contributed by atoms with van der Waals surface area (Å²) in [4.78, 5) is 12.2. The van der Waals surface area contributed by atoms with Gasteiger partial charge in [-0.1, -0.05) is 12.1 Å². The quantitative estimate of drug-likeness (QED) is 0.575. The van der Waals surface area contributed by atoms with Crippen LogP contribution in [0.25, 0.3) is 0 Å². The van der Waals surface area contributed by atoms with E-state index < -0.39 is 4.92 Å². The molecule has 0 aliphatic carbocycles. The molecule has 16 heavy (non-hydrogen) atoms.